The van der Waals surface area contributed by atoms with Gasteiger partial charge < -0.3 is 10.8 Å². The first-order chi connectivity index (χ1) is 8.19. The molecule has 0 saturated carbocycles. The standard InChI is InChI=1S/C12H18ClN3O/c13-10-1-2-12(14)15-11(10)8-16-5-3-9(7-16)4-6-17/h1-2,9,17H,3-8H2,(H2,14,15). The van der Waals surface area contributed by atoms with E-state index in [1.165, 1.54) is 0 Å². The Labute approximate surface area is 106 Å². The summed E-state index contributed by atoms with van der Waals surface area (Å²) in [7, 11) is 0. The number of likely N-dealkylation sites (tertiary alicyclic amines) is 1. The van der Waals surface area contributed by atoms with Crippen LogP contribution >= 0.6 is 11.6 Å². The number of anilines is 1. The third kappa shape index (κ3) is 3.31. The van der Waals surface area contributed by atoms with Crippen LogP contribution in [0, 0.1) is 5.92 Å². The van der Waals surface area contributed by atoms with Crippen molar-refractivity contribution < 1.29 is 5.11 Å². The van der Waals surface area contributed by atoms with E-state index in [-0.39, 0.29) is 6.61 Å². The number of aliphatic hydroxyl groups is 1. The van der Waals surface area contributed by atoms with E-state index in [4.69, 9.17) is 22.4 Å². The van der Waals surface area contributed by atoms with E-state index >= 15 is 0 Å². The molecule has 1 aliphatic rings. The Hall–Kier alpha value is -0.840. The number of pyridine rings is 1. The highest BCUT2D eigenvalue weighted by molar-refractivity contribution is 6.31. The molecule has 0 bridgehead atoms. The second kappa shape index (κ2) is 5.67. The van der Waals surface area contributed by atoms with Crippen molar-refractivity contribution in [3.63, 3.8) is 0 Å². The molecular weight excluding hydrogens is 238 g/mol. The molecule has 1 saturated heterocycles. The maximum absolute atomic E-state index is 8.91. The molecule has 2 rings (SSSR count). The lowest BCUT2D eigenvalue weighted by molar-refractivity contribution is 0.249. The van der Waals surface area contributed by atoms with Gasteiger partial charge in [-0.2, -0.15) is 0 Å². The predicted molar refractivity (Wildman–Crippen MR) is 68.7 cm³/mol. The van der Waals surface area contributed by atoms with Crippen LogP contribution in [0.4, 0.5) is 5.82 Å². The fourth-order valence-electron chi connectivity index (χ4n) is 2.30. The summed E-state index contributed by atoms with van der Waals surface area (Å²) in [5.41, 5.74) is 6.50. The second-order valence-electron chi connectivity index (χ2n) is 4.57. The number of hydrogen-bond acceptors (Lipinski definition) is 4. The van der Waals surface area contributed by atoms with E-state index in [1.54, 1.807) is 12.1 Å². The minimum absolute atomic E-state index is 0.274. The first-order valence-electron chi connectivity index (χ1n) is 5.93. The van der Waals surface area contributed by atoms with E-state index in [2.05, 4.69) is 9.88 Å². The van der Waals surface area contributed by atoms with Crippen molar-refractivity contribution in [2.45, 2.75) is 19.4 Å². The summed E-state index contributed by atoms with van der Waals surface area (Å²) in [6.07, 6.45) is 2.02. The van der Waals surface area contributed by atoms with Crippen molar-refractivity contribution in [3.8, 4) is 0 Å². The number of rotatable bonds is 4. The van der Waals surface area contributed by atoms with E-state index in [0.717, 1.165) is 38.2 Å². The van der Waals surface area contributed by atoms with Crippen LogP contribution in [0.3, 0.4) is 0 Å². The Morgan fingerprint density at radius 2 is 2.35 bits per heavy atom. The molecule has 0 aromatic carbocycles. The molecule has 0 spiro atoms. The maximum Gasteiger partial charge on any atom is 0.123 e. The minimum Gasteiger partial charge on any atom is -0.396 e. The Morgan fingerprint density at radius 3 is 3.12 bits per heavy atom. The quantitative estimate of drug-likeness (QED) is 0.856. The fraction of sp³-hybridized carbons (Fsp3) is 0.583. The summed E-state index contributed by atoms with van der Waals surface area (Å²) >= 11 is 6.09. The van der Waals surface area contributed by atoms with Gasteiger partial charge in [-0.25, -0.2) is 4.98 Å². The molecule has 17 heavy (non-hydrogen) atoms. The molecule has 0 radical (unpaired) electrons. The highest BCUT2D eigenvalue weighted by Gasteiger charge is 2.22. The van der Waals surface area contributed by atoms with Gasteiger partial charge in [0, 0.05) is 19.7 Å². The van der Waals surface area contributed by atoms with Crippen molar-refractivity contribution in [3.05, 3.63) is 22.8 Å². The van der Waals surface area contributed by atoms with Crippen LogP contribution in [0.15, 0.2) is 12.1 Å². The molecule has 2 heterocycles. The maximum atomic E-state index is 8.91. The zero-order chi connectivity index (χ0) is 12.3. The molecule has 1 unspecified atom stereocenters. The molecule has 5 heteroatoms. The van der Waals surface area contributed by atoms with Gasteiger partial charge in [-0.15, -0.1) is 0 Å². The Morgan fingerprint density at radius 1 is 1.53 bits per heavy atom. The van der Waals surface area contributed by atoms with Crippen LogP contribution in [0.5, 0.6) is 0 Å². The third-order valence-electron chi connectivity index (χ3n) is 3.22. The zero-order valence-corrected chi connectivity index (χ0v) is 10.5. The van der Waals surface area contributed by atoms with Crippen LogP contribution < -0.4 is 5.73 Å². The molecule has 0 amide bonds. The Kier molecular flexibility index (Phi) is 4.20. The van der Waals surface area contributed by atoms with Crippen LogP contribution in [0.25, 0.3) is 0 Å². The highest BCUT2D eigenvalue weighted by atomic mass is 35.5. The van der Waals surface area contributed by atoms with Gasteiger partial charge >= 0.3 is 0 Å². The van der Waals surface area contributed by atoms with Crippen molar-refractivity contribution >= 4 is 17.4 Å². The van der Waals surface area contributed by atoms with Crippen LogP contribution in [0.1, 0.15) is 18.5 Å². The molecule has 4 nitrogen and oxygen atoms in total. The number of aliphatic hydroxyl groups excluding tert-OH is 1. The first kappa shape index (κ1) is 12.6. The topological polar surface area (TPSA) is 62.4 Å². The summed E-state index contributed by atoms with van der Waals surface area (Å²) < 4.78 is 0. The summed E-state index contributed by atoms with van der Waals surface area (Å²) in [5, 5.41) is 9.59. The zero-order valence-electron chi connectivity index (χ0n) is 9.77. The van der Waals surface area contributed by atoms with E-state index < -0.39 is 0 Å². The SMILES string of the molecule is Nc1ccc(Cl)c(CN2CCC(CCO)C2)n1. The van der Waals surface area contributed by atoms with Crippen molar-refractivity contribution in [2.24, 2.45) is 5.92 Å². The molecule has 1 atom stereocenters. The molecule has 3 N–H and O–H groups in total. The average molecular weight is 256 g/mol. The lowest BCUT2D eigenvalue weighted by atomic mass is 10.1. The molecule has 1 aromatic rings. The molecule has 1 aliphatic heterocycles. The smallest absolute Gasteiger partial charge is 0.123 e. The van der Waals surface area contributed by atoms with Gasteiger partial charge in [-0.3, -0.25) is 4.90 Å². The molecule has 1 aromatic heterocycles. The van der Waals surface area contributed by atoms with Gasteiger partial charge in [0.1, 0.15) is 5.82 Å². The number of nitrogens with two attached hydrogens (primary N) is 1. The largest absolute Gasteiger partial charge is 0.396 e. The fourth-order valence-corrected chi connectivity index (χ4v) is 2.46. The first-order valence-corrected chi connectivity index (χ1v) is 6.31. The number of nitrogens with zero attached hydrogens (tertiary/aromatic N) is 2. The van der Waals surface area contributed by atoms with Gasteiger partial charge in [0.05, 0.1) is 10.7 Å². The number of aromatic nitrogens is 1. The normalized spacial score (nSPS) is 20.9. The van der Waals surface area contributed by atoms with Crippen molar-refractivity contribution in [2.75, 3.05) is 25.4 Å². The van der Waals surface area contributed by atoms with Gasteiger partial charge in [0.2, 0.25) is 0 Å². The lowest BCUT2D eigenvalue weighted by Crippen LogP contribution is -2.21. The van der Waals surface area contributed by atoms with Gasteiger partial charge in [-0.1, -0.05) is 11.6 Å². The van der Waals surface area contributed by atoms with Crippen molar-refractivity contribution in [1.82, 2.24) is 9.88 Å². The second-order valence-corrected chi connectivity index (χ2v) is 4.97. The van der Waals surface area contributed by atoms with Crippen LogP contribution in [-0.2, 0) is 6.54 Å². The summed E-state index contributed by atoms with van der Waals surface area (Å²) in [6, 6.07) is 3.50. The number of hydrogen-bond donors (Lipinski definition) is 2. The monoisotopic (exact) mass is 255 g/mol. The molecular formula is C12H18ClN3O. The van der Waals surface area contributed by atoms with Gasteiger partial charge in [0.25, 0.3) is 0 Å². The number of halogens is 1. The number of nitrogen functional groups attached to an aromatic ring is 1. The minimum atomic E-state index is 0.274. The highest BCUT2D eigenvalue weighted by Crippen LogP contribution is 2.23. The molecule has 1 fully saturated rings. The molecule has 0 aliphatic carbocycles. The summed E-state index contributed by atoms with van der Waals surface area (Å²) in [4.78, 5) is 6.58. The molecule has 94 valence electrons. The van der Waals surface area contributed by atoms with E-state index in [0.29, 0.717) is 16.8 Å². The predicted octanol–water partition coefficient (Wildman–Crippen LogP) is 1.52. The van der Waals surface area contributed by atoms with Crippen LogP contribution in [-0.4, -0.2) is 34.7 Å². The van der Waals surface area contributed by atoms with Gasteiger partial charge in [-0.05, 0) is 37.4 Å². The van der Waals surface area contributed by atoms with E-state index in [9.17, 15) is 0 Å². The van der Waals surface area contributed by atoms with Crippen LogP contribution in [0.2, 0.25) is 5.02 Å². The summed E-state index contributed by atoms with van der Waals surface area (Å²) in [6.45, 7) is 3.06. The average Bonchev–Trinajstić information content (AvgIpc) is 2.72. The third-order valence-corrected chi connectivity index (χ3v) is 3.56. The van der Waals surface area contributed by atoms with Gasteiger partial charge in [0.15, 0.2) is 0 Å². The lowest BCUT2D eigenvalue weighted by Gasteiger charge is -2.16. The Balaban J connectivity index is 1.95. The Bertz CT molecular complexity index is 386. The van der Waals surface area contributed by atoms with Crippen molar-refractivity contribution in [1.29, 1.82) is 0 Å². The summed E-state index contributed by atoms with van der Waals surface area (Å²) in [5.74, 6) is 1.11. The van der Waals surface area contributed by atoms with E-state index in [1.807, 2.05) is 0 Å².